The molecule has 0 unspecified atom stereocenters. The molecule has 0 saturated carbocycles. The lowest BCUT2D eigenvalue weighted by Crippen LogP contribution is -2.00. The predicted molar refractivity (Wildman–Crippen MR) is 77.4 cm³/mol. The molecule has 17 heavy (non-hydrogen) atoms. The summed E-state index contributed by atoms with van der Waals surface area (Å²) in [5.74, 6) is 0. The first-order valence-corrected chi connectivity index (χ1v) is 7.29. The molecule has 0 aliphatic rings. The number of rotatable bonds is 4. The van der Waals surface area contributed by atoms with Gasteiger partial charge in [-0.3, -0.25) is 0 Å². The van der Waals surface area contributed by atoms with Crippen LogP contribution in [-0.2, 0) is 6.42 Å². The van der Waals surface area contributed by atoms with Gasteiger partial charge in [-0.1, -0.05) is 28.1 Å². The van der Waals surface area contributed by atoms with E-state index in [1.807, 2.05) is 0 Å². The average Bonchev–Trinajstić information content (AvgIpc) is 2.75. The van der Waals surface area contributed by atoms with E-state index in [0.717, 1.165) is 34.6 Å². The maximum atomic E-state index is 5.50. The maximum Gasteiger partial charge on any atom is 0.124 e. The molecule has 2 N–H and O–H groups in total. The molecule has 0 amide bonds. The number of hydrogen-bond acceptors (Lipinski definition) is 3. The van der Waals surface area contributed by atoms with Crippen LogP contribution in [-0.4, -0.2) is 11.5 Å². The van der Waals surface area contributed by atoms with Crippen LogP contribution in [0.25, 0.3) is 10.6 Å². The standard InChI is InChI=1S/C13H15BrN2S/c1-9-4-5-11(12(14)7-9)13-16-10(8-17-13)3-2-6-15/h4-5,7-8H,2-3,6,15H2,1H3. The third kappa shape index (κ3) is 3.15. The second kappa shape index (κ2) is 5.76. The van der Waals surface area contributed by atoms with E-state index in [0.29, 0.717) is 0 Å². The number of benzene rings is 1. The first-order chi connectivity index (χ1) is 8.20. The minimum atomic E-state index is 0.723. The number of thiazole rings is 1. The molecule has 0 saturated heterocycles. The van der Waals surface area contributed by atoms with Gasteiger partial charge in [-0.2, -0.15) is 0 Å². The Kier molecular flexibility index (Phi) is 4.31. The topological polar surface area (TPSA) is 38.9 Å². The Morgan fingerprint density at radius 3 is 2.94 bits per heavy atom. The van der Waals surface area contributed by atoms with E-state index in [2.05, 4.69) is 51.4 Å². The molecule has 0 radical (unpaired) electrons. The van der Waals surface area contributed by atoms with Crippen molar-refractivity contribution >= 4 is 27.3 Å². The van der Waals surface area contributed by atoms with Crippen molar-refractivity contribution in [1.82, 2.24) is 4.98 Å². The van der Waals surface area contributed by atoms with Crippen molar-refractivity contribution in [1.29, 1.82) is 0 Å². The van der Waals surface area contributed by atoms with E-state index in [-0.39, 0.29) is 0 Å². The molecule has 0 atom stereocenters. The van der Waals surface area contributed by atoms with E-state index in [1.165, 1.54) is 11.1 Å². The fourth-order valence-corrected chi connectivity index (χ4v) is 3.33. The van der Waals surface area contributed by atoms with Crippen LogP contribution in [0.1, 0.15) is 17.7 Å². The Labute approximate surface area is 114 Å². The van der Waals surface area contributed by atoms with E-state index < -0.39 is 0 Å². The molecule has 1 heterocycles. The van der Waals surface area contributed by atoms with Gasteiger partial charge in [0.15, 0.2) is 0 Å². The van der Waals surface area contributed by atoms with Gasteiger partial charge in [0.1, 0.15) is 5.01 Å². The van der Waals surface area contributed by atoms with Crippen LogP contribution >= 0.6 is 27.3 Å². The zero-order valence-electron chi connectivity index (χ0n) is 9.74. The van der Waals surface area contributed by atoms with E-state index in [1.54, 1.807) is 11.3 Å². The quantitative estimate of drug-likeness (QED) is 0.933. The van der Waals surface area contributed by atoms with Crippen LogP contribution in [0.5, 0.6) is 0 Å². The highest BCUT2D eigenvalue weighted by molar-refractivity contribution is 9.10. The van der Waals surface area contributed by atoms with Gasteiger partial charge in [0.05, 0.1) is 5.69 Å². The van der Waals surface area contributed by atoms with Crippen molar-refractivity contribution in [3.05, 3.63) is 39.3 Å². The van der Waals surface area contributed by atoms with Crippen LogP contribution in [0.4, 0.5) is 0 Å². The second-order valence-electron chi connectivity index (χ2n) is 4.02. The molecule has 0 spiro atoms. The first-order valence-electron chi connectivity index (χ1n) is 5.61. The lowest BCUT2D eigenvalue weighted by atomic mass is 10.1. The monoisotopic (exact) mass is 310 g/mol. The minimum absolute atomic E-state index is 0.723. The number of halogens is 1. The SMILES string of the molecule is Cc1ccc(-c2nc(CCCN)cs2)c(Br)c1. The Hall–Kier alpha value is -0.710. The van der Waals surface area contributed by atoms with Gasteiger partial charge < -0.3 is 5.73 Å². The van der Waals surface area contributed by atoms with Gasteiger partial charge in [0.2, 0.25) is 0 Å². The summed E-state index contributed by atoms with van der Waals surface area (Å²) in [5.41, 5.74) is 9.06. The molecule has 0 bridgehead atoms. The third-order valence-electron chi connectivity index (χ3n) is 2.54. The summed E-state index contributed by atoms with van der Waals surface area (Å²) in [6, 6.07) is 6.35. The Bertz CT molecular complexity index is 508. The van der Waals surface area contributed by atoms with Gasteiger partial charge in [0, 0.05) is 15.4 Å². The highest BCUT2D eigenvalue weighted by Crippen LogP contribution is 2.31. The highest BCUT2D eigenvalue weighted by Gasteiger charge is 2.08. The molecule has 4 heteroatoms. The number of aromatic nitrogens is 1. The Morgan fingerprint density at radius 2 is 2.24 bits per heavy atom. The molecule has 1 aromatic carbocycles. The van der Waals surface area contributed by atoms with Crippen LogP contribution in [0.2, 0.25) is 0 Å². The summed E-state index contributed by atoms with van der Waals surface area (Å²) >= 11 is 5.28. The molecule has 2 aromatic rings. The van der Waals surface area contributed by atoms with Crippen molar-refractivity contribution < 1.29 is 0 Å². The van der Waals surface area contributed by atoms with E-state index in [9.17, 15) is 0 Å². The van der Waals surface area contributed by atoms with Crippen molar-refractivity contribution in [2.24, 2.45) is 5.73 Å². The number of nitrogens with two attached hydrogens (primary N) is 1. The minimum Gasteiger partial charge on any atom is -0.330 e. The molecule has 2 nitrogen and oxygen atoms in total. The molecule has 0 aliphatic heterocycles. The fraction of sp³-hybridized carbons (Fsp3) is 0.308. The van der Waals surface area contributed by atoms with Crippen molar-refractivity contribution in [2.75, 3.05) is 6.54 Å². The van der Waals surface area contributed by atoms with Gasteiger partial charge in [-0.15, -0.1) is 11.3 Å². The largest absolute Gasteiger partial charge is 0.330 e. The first kappa shape index (κ1) is 12.7. The smallest absolute Gasteiger partial charge is 0.124 e. The zero-order valence-corrected chi connectivity index (χ0v) is 12.1. The molecule has 90 valence electrons. The third-order valence-corrected chi connectivity index (χ3v) is 4.12. The fourth-order valence-electron chi connectivity index (χ4n) is 1.62. The lowest BCUT2D eigenvalue weighted by Gasteiger charge is -2.01. The summed E-state index contributed by atoms with van der Waals surface area (Å²) in [4.78, 5) is 4.64. The maximum absolute atomic E-state index is 5.50. The molecule has 0 fully saturated rings. The van der Waals surface area contributed by atoms with Crippen molar-refractivity contribution in [3.8, 4) is 10.6 Å². The summed E-state index contributed by atoms with van der Waals surface area (Å²) in [7, 11) is 0. The normalized spacial score (nSPS) is 10.8. The van der Waals surface area contributed by atoms with Crippen LogP contribution in [0.3, 0.4) is 0 Å². The molecule has 2 rings (SSSR count). The van der Waals surface area contributed by atoms with Crippen LogP contribution in [0.15, 0.2) is 28.1 Å². The van der Waals surface area contributed by atoms with Crippen molar-refractivity contribution in [2.45, 2.75) is 19.8 Å². The summed E-state index contributed by atoms with van der Waals surface area (Å²) in [6.07, 6.45) is 1.97. The van der Waals surface area contributed by atoms with E-state index in [4.69, 9.17) is 5.73 Å². The van der Waals surface area contributed by atoms with Crippen molar-refractivity contribution in [3.63, 3.8) is 0 Å². The highest BCUT2D eigenvalue weighted by atomic mass is 79.9. The molecule has 1 aromatic heterocycles. The zero-order chi connectivity index (χ0) is 12.3. The van der Waals surface area contributed by atoms with Gasteiger partial charge in [0.25, 0.3) is 0 Å². The molecule has 0 aliphatic carbocycles. The van der Waals surface area contributed by atoms with Crippen LogP contribution in [0, 0.1) is 6.92 Å². The second-order valence-corrected chi connectivity index (χ2v) is 5.73. The predicted octanol–water partition coefficient (Wildman–Crippen LogP) is 3.77. The number of hydrogen-bond donors (Lipinski definition) is 1. The van der Waals surface area contributed by atoms with Gasteiger partial charge >= 0.3 is 0 Å². The van der Waals surface area contributed by atoms with Gasteiger partial charge in [-0.25, -0.2) is 4.98 Å². The molecular formula is C13H15BrN2S. The van der Waals surface area contributed by atoms with Gasteiger partial charge in [-0.05, 0) is 37.9 Å². The van der Waals surface area contributed by atoms with E-state index >= 15 is 0 Å². The summed E-state index contributed by atoms with van der Waals surface area (Å²) in [5, 5.41) is 3.20. The number of nitrogens with zero attached hydrogens (tertiary/aromatic N) is 1. The lowest BCUT2D eigenvalue weighted by molar-refractivity contribution is 0.816. The average molecular weight is 311 g/mol. The summed E-state index contributed by atoms with van der Waals surface area (Å²) in [6.45, 7) is 2.81. The number of aryl methyl sites for hydroxylation is 2. The molecular weight excluding hydrogens is 296 g/mol. The Balaban J connectivity index is 2.24. The summed E-state index contributed by atoms with van der Waals surface area (Å²) < 4.78 is 1.11. The Morgan fingerprint density at radius 1 is 1.41 bits per heavy atom. The van der Waals surface area contributed by atoms with Crippen LogP contribution < -0.4 is 5.73 Å².